The Balaban J connectivity index is 1.47. The summed E-state index contributed by atoms with van der Waals surface area (Å²) < 4.78 is 24.4. The van der Waals surface area contributed by atoms with E-state index in [0.717, 1.165) is 30.6 Å². The van der Waals surface area contributed by atoms with Gasteiger partial charge in [0, 0.05) is 18.4 Å². The average Bonchev–Trinajstić information content (AvgIpc) is 3.02. The highest BCUT2D eigenvalue weighted by Crippen LogP contribution is 2.48. The second-order valence-electron chi connectivity index (χ2n) is 6.55. The second kappa shape index (κ2) is 6.40. The molecule has 1 amide bonds. The average molecular weight is 329 g/mol. The van der Waals surface area contributed by atoms with Crippen molar-refractivity contribution in [3.63, 3.8) is 0 Å². The van der Waals surface area contributed by atoms with E-state index in [0.29, 0.717) is 6.61 Å². The predicted molar refractivity (Wildman–Crippen MR) is 85.8 cm³/mol. The molecule has 1 aromatic heterocycles. The van der Waals surface area contributed by atoms with E-state index in [1.165, 1.54) is 12.1 Å². The zero-order chi connectivity index (χ0) is 16.5. The SMILES string of the molecule is O=C(N[C@H](c1ccc(F)cc1)[C@@H]1CCCO1)[C@@H]1C[C@@H]1c1ccco1. The van der Waals surface area contributed by atoms with Crippen LogP contribution in [-0.4, -0.2) is 18.6 Å². The number of ether oxygens (including phenoxy) is 1. The van der Waals surface area contributed by atoms with Gasteiger partial charge in [0.2, 0.25) is 5.91 Å². The molecule has 4 nitrogen and oxygen atoms in total. The Kier molecular flexibility index (Phi) is 4.10. The van der Waals surface area contributed by atoms with Crippen LogP contribution in [0.1, 0.15) is 42.5 Å². The zero-order valence-corrected chi connectivity index (χ0v) is 13.3. The smallest absolute Gasteiger partial charge is 0.224 e. The molecule has 0 bridgehead atoms. The number of halogens is 1. The van der Waals surface area contributed by atoms with Crippen molar-refractivity contribution in [1.82, 2.24) is 5.32 Å². The van der Waals surface area contributed by atoms with Crippen molar-refractivity contribution in [1.29, 1.82) is 0 Å². The van der Waals surface area contributed by atoms with E-state index < -0.39 is 0 Å². The van der Waals surface area contributed by atoms with Gasteiger partial charge in [-0.1, -0.05) is 12.1 Å². The first-order valence-corrected chi connectivity index (χ1v) is 8.43. The molecule has 0 radical (unpaired) electrons. The monoisotopic (exact) mass is 329 g/mol. The Morgan fingerprint density at radius 3 is 2.75 bits per heavy atom. The van der Waals surface area contributed by atoms with Gasteiger partial charge in [-0.05, 0) is 49.1 Å². The number of carbonyl (C=O) groups excluding carboxylic acids is 1. The summed E-state index contributed by atoms with van der Waals surface area (Å²) in [6, 6.07) is 9.81. The van der Waals surface area contributed by atoms with Gasteiger partial charge in [-0.3, -0.25) is 4.79 Å². The molecular weight excluding hydrogens is 309 g/mol. The van der Waals surface area contributed by atoms with Gasteiger partial charge in [0.15, 0.2) is 0 Å². The number of carbonyl (C=O) groups is 1. The minimum Gasteiger partial charge on any atom is -0.469 e. The molecule has 2 aromatic rings. The largest absolute Gasteiger partial charge is 0.469 e. The van der Waals surface area contributed by atoms with Crippen LogP contribution >= 0.6 is 0 Å². The van der Waals surface area contributed by atoms with E-state index in [4.69, 9.17) is 9.15 Å². The molecule has 2 aliphatic rings. The molecule has 2 heterocycles. The number of rotatable bonds is 5. The molecule has 2 fully saturated rings. The maximum Gasteiger partial charge on any atom is 0.224 e. The lowest BCUT2D eigenvalue weighted by atomic mass is 9.99. The minimum atomic E-state index is -0.281. The van der Waals surface area contributed by atoms with Crippen molar-refractivity contribution >= 4 is 5.91 Å². The van der Waals surface area contributed by atoms with Crippen LogP contribution in [0.4, 0.5) is 4.39 Å². The highest BCUT2D eigenvalue weighted by atomic mass is 19.1. The van der Waals surface area contributed by atoms with Gasteiger partial charge in [0.05, 0.1) is 18.4 Å². The van der Waals surface area contributed by atoms with Crippen molar-refractivity contribution < 1.29 is 18.3 Å². The molecule has 1 aromatic carbocycles. The van der Waals surface area contributed by atoms with Gasteiger partial charge in [-0.25, -0.2) is 4.39 Å². The lowest BCUT2D eigenvalue weighted by molar-refractivity contribution is -0.124. The van der Waals surface area contributed by atoms with Gasteiger partial charge >= 0.3 is 0 Å². The van der Waals surface area contributed by atoms with Crippen molar-refractivity contribution in [2.45, 2.75) is 37.3 Å². The van der Waals surface area contributed by atoms with E-state index in [1.54, 1.807) is 18.4 Å². The molecule has 1 aliphatic carbocycles. The summed E-state index contributed by atoms with van der Waals surface area (Å²) in [6.07, 6.45) is 4.27. The summed E-state index contributed by atoms with van der Waals surface area (Å²) in [5.41, 5.74) is 0.881. The normalized spacial score (nSPS) is 27.0. The Bertz CT molecular complexity index is 692. The summed E-state index contributed by atoms with van der Waals surface area (Å²) in [4.78, 5) is 12.6. The first-order valence-electron chi connectivity index (χ1n) is 8.43. The fourth-order valence-electron chi connectivity index (χ4n) is 3.49. The van der Waals surface area contributed by atoms with Crippen LogP contribution in [0.5, 0.6) is 0 Å². The molecule has 4 rings (SSSR count). The maximum absolute atomic E-state index is 13.2. The summed E-state index contributed by atoms with van der Waals surface area (Å²) >= 11 is 0. The van der Waals surface area contributed by atoms with E-state index in [-0.39, 0.29) is 35.7 Å². The van der Waals surface area contributed by atoms with Crippen LogP contribution in [0.3, 0.4) is 0 Å². The van der Waals surface area contributed by atoms with E-state index in [1.807, 2.05) is 12.1 Å². The van der Waals surface area contributed by atoms with Crippen LogP contribution in [0.2, 0.25) is 0 Å². The van der Waals surface area contributed by atoms with Gasteiger partial charge in [-0.2, -0.15) is 0 Å². The first-order chi connectivity index (χ1) is 11.7. The predicted octanol–water partition coefficient (Wildman–Crippen LogP) is 3.56. The second-order valence-corrected chi connectivity index (χ2v) is 6.55. The lowest BCUT2D eigenvalue weighted by Crippen LogP contribution is -2.37. The molecule has 1 N–H and O–H groups in total. The maximum atomic E-state index is 13.2. The van der Waals surface area contributed by atoms with E-state index in [9.17, 15) is 9.18 Å². The molecular formula is C19H20FNO3. The molecule has 1 saturated heterocycles. The van der Waals surface area contributed by atoms with Gasteiger partial charge in [0.1, 0.15) is 11.6 Å². The fourth-order valence-corrected chi connectivity index (χ4v) is 3.49. The Morgan fingerprint density at radius 1 is 1.25 bits per heavy atom. The first kappa shape index (κ1) is 15.4. The van der Waals surface area contributed by atoms with Crippen molar-refractivity contribution in [2.75, 3.05) is 6.61 Å². The van der Waals surface area contributed by atoms with Gasteiger partial charge in [0.25, 0.3) is 0 Å². The number of nitrogens with one attached hydrogen (secondary N) is 1. The lowest BCUT2D eigenvalue weighted by Gasteiger charge is -2.25. The quantitative estimate of drug-likeness (QED) is 0.912. The molecule has 1 aliphatic heterocycles. The van der Waals surface area contributed by atoms with Crippen molar-refractivity contribution in [2.24, 2.45) is 5.92 Å². The molecule has 0 spiro atoms. The molecule has 126 valence electrons. The molecule has 5 heteroatoms. The van der Waals surface area contributed by atoms with Gasteiger partial charge in [-0.15, -0.1) is 0 Å². The summed E-state index contributed by atoms with van der Waals surface area (Å²) in [7, 11) is 0. The summed E-state index contributed by atoms with van der Waals surface area (Å²) in [6.45, 7) is 0.705. The number of furan rings is 1. The minimum absolute atomic E-state index is 0.0150. The third kappa shape index (κ3) is 3.08. The van der Waals surface area contributed by atoms with Gasteiger partial charge < -0.3 is 14.5 Å². The Hall–Kier alpha value is -2.14. The third-order valence-corrected chi connectivity index (χ3v) is 4.90. The molecule has 24 heavy (non-hydrogen) atoms. The Morgan fingerprint density at radius 2 is 2.08 bits per heavy atom. The van der Waals surface area contributed by atoms with E-state index >= 15 is 0 Å². The standard InChI is InChI=1S/C19H20FNO3/c20-13-7-5-12(6-8-13)18(17-4-2-10-24-17)21-19(22)15-11-14(15)16-3-1-9-23-16/h1,3,5-9,14-15,17-18H,2,4,10-11H2,(H,21,22)/t14-,15+,17-,18+/m0/s1. The topological polar surface area (TPSA) is 51.5 Å². The molecule has 0 unspecified atom stereocenters. The van der Waals surface area contributed by atoms with Crippen LogP contribution in [-0.2, 0) is 9.53 Å². The highest BCUT2D eigenvalue weighted by Gasteiger charge is 2.46. The van der Waals surface area contributed by atoms with Crippen LogP contribution in [0, 0.1) is 11.7 Å². The van der Waals surface area contributed by atoms with E-state index in [2.05, 4.69) is 5.32 Å². The zero-order valence-electron chi connectivity index (χ0n) is 13.3. The number of hydrogen-bond donors (Lipinski definition) is 1. The molecule has 1 saturated carbocycles. The third-order valence-electron chi connectivity index (χ3n) is 4.90. The summed E-state index contributed by atoms with van der Waals surface area (Å²) in [5, 5.41) is 3.12. The van der Waals surface area contributed by atoms with Crippen molar-refractivity contribution in [3.8, 4) is 0 Å². The highest BCUT2D eigenvalue weighted by molar-refractivity contribution is 5.83. The van der Waals surface area contributed by atoms with Crippen LogP contribution < -0.4 is 5.32 Å². The van der Waals surface area contributed by atoms with Crippen molar-refractivity contribution in [3.05, 3.63) is 59.8 Å². The fraction of sp³-hybridized carbons (Fsp3) is 0.421. The van der Waals surface area contributed by atoms with Crippen LogP contribution in [0.25, 0.3) is 0 Å². The van der Waals surface area contributed by atoms with Crippen LogP contribution in [0.15, 0.2) is 47.1 Å². The Labute approximate surface area is 140 Å². The number of benzene rings is 1. The summed E-state index contributed by atoms with van der Waals surface area (Å²) in [5.74, 6) is 0.710. The number of amides is 1. The number of hydrogen-bond acceptors (Lipinski definition) is 3. The molecule has 4 atom stereocenters.